The van der Waals surface area contributed by atoms with Gasteiger partial charge in [-0.25, -0.2) is 0 Å². The molecule has 2 heteroatoms. The highest BCUT2D eigenvalue weighted by Gasteiger charge is 2.10. The molecule has 0 fully saturated rings. The van der Waals surface area contributed by atoms with E-state index in [2.05, 4.69) is 61.4 Å². The molecule has 0 aliphatic heterocycles. The van der Waals surface area contributed by atoms with Crippen LogP contribution in [-0.4, -0.2) is 20.6 Å². The lowest BCUT2D eigenvalue weighted by atomic mass is 10.0. The van der Waals surface area contributed by atoms with Crippen molar-refractivity contribution < 1.29 is 0 Å². The fourth-order valence-electron chi connectivity index (χ4n) is 2.12. The van der Waals surface area contributed by atoms with Crippen LogP contribution in [0, 0.1) is 12.3 Å². The van der Waals surface area contributed by atoms with Crippen molar-refractivity contribution in [3.05, 3.63) is 29.8 Å². The van der Waals surface area contributed by atoms with Crippen LogP contribution in [-0.2, 0) is 0 Å². The van der Waals surface area contributed by atoms with Crippen LogP contribution in [0.3, 0.4) is 0 Å². The Morgan fingerprint density at radius 2 is 1.95 bits per heavy atom. The molecule has 0 bridgehead atoms. The number of unbranched alkanes of at least 4 members (excludes halogenated alkanes) is 1. The quantitative estimate of drug-likeness (QED) is 0.566. The predicted octanol–water partition coefficient (Wildman–Crippen LogP) is 3.60. The number of hydrogen-bond donors (Lipinski definition) is 1. The Morgan fingerprint density at radius 3 is 2.47 bits per heavy atom. The topological polar surface area (TPSA) is 15.3 Å². The van der Waals surface area contributed by atoms with Gasteiger partial charge in [0.2, 0.25) is 0 Å². The van der Waals surface area contributed by atoms with E-state index >= 15 is 0 Å². The number of terminal acetylenes is 1. The Bertz CT molecular complexity index is 387. The minimum Gasteiger partial charge on any atom is -0.378 e. The zero-order valence-corrected chi connectivity index (χ0v) is 12.4. The molecule has 1 N–H and O–H groups in total. The van der Waals surface area contributed by atoms with Gasteiger partial charge in [0.1, 0.15) is 0 Å². The maximum atomic E-state index is 5.33. The number of benzene rings is 1. The van der Waals surface area contributed by atoms with E-state index in [0.717, 1.165) is 32.2 Å². The average molecular weight is 258 g/mol. The molecular weight excluding hydrogens is 232 g/mol. The molecule has 0 aliphatic carbocycles. The lowest BCUT2D eigenvalue weighted by molar-refractivity contribution is 0.487. The summed E-state index contributed by atoms with van der Waals surface area (Å²) < 4.78 is 0. The second-order valence-electron chi connectivity index (χ2n) is 5.09. The third-order valence-corrected chi connectivity index (χ3v) is 3.27. The largest absolute Gasteiger partial charge is 0.378 e. The van der Waals surface area contributed by atoms with E-state index in [1.165, 1.54) is 11.3 Å². The first kappa shape index (κ1) is 15.6. The fraction of sp³-hybridized carbons (Fsp3) is 0.529. The number of rotatable bonds is 8. The van der Waals surface area contributed by atoms with Gasteiger partial charge in [0, 0.05) is 32.2 Å². The Kier molecular flexibility index (Phi) is 7.07. The summed E-state index contributed by atoms with van der Waals surface area (Å²) in [5.41, 5.74) is 2.60. The standard InChI is InChI=1S/C17H26N2/c1-5-7-8-9-17(18-14-6-2)15-10-12-16(13-11-15)19(3)4/h1,10-13,17-18H,6-9,14H2,2-4H3. The molecular formula is C17H26N2. The van der Waals surface area contributed by atoms with E-state index in [0.29, 0.717) is 6.04 Å². The molecule has 0 aliphatic rings. The van der Waals surface area contributed by atoms with Gasteiger partial charge in [-0.2, -0.15) is 0 Å². The monoisotopic (exact) mass is 258 g/mol. The molecule has 0 radical (unpaired) electrons. The number of hydrogen-bond acceptors (Lipinski definition) is 2. The molecule has 0 saturated carbocycles. The minimum atomic E-state index is 0.421. The summed E-state index contributed by atoms with van der Waals surface area (Å²) in [7, 11) is 4.13. The first-order valence-corrected chi connectivity index (χ1v) is 7.13. The van der Waals surface area contributed by atoms with Crippen molar-refractivity contribution in [2.24, 2.45) is 0 Å². The SMILES string of the molecule is C#CCCCC(NCCC)c1ccc(N(C)C)cc1. The van der Waals surface area contributed by atoms with Gasteiger partial charge >= 0.3 is 0 Å². The second kappa shape index (κ2) is 8.61. The van der Waals surface area contributed by atoms with E-state index < -0.39 is 0 Å². The third-order valence-electron chi connectivity index (χ3n) is 3.27. The molecule has 1 unspecified atom stereocenters. The maximum absolute atomic E-state index is 5.33. The molecule has 0 spiro atoms. The van der Waals surface area contributed by atoms with Crippen LogP contribution >= 0.6 is 0 Å². The molecule has 1 atom stereocenters. The molecule has 1 rings (SSSR count). The summed E-state index contributed by atoms with van der Waals surface area (Å²) in [6, 6.07) is 9.22. The summed E-state index contributed by atoms with van der Waals surface area (Å²) in [5, 5.41) is 3.61. The molecule has 0 saturated heterocycles. The Morgan fingerprint density at radius 1 is 1.26 bits per heavy atom. The van der Waals surface area contributed by atoms with E-state index in [4.69, 9.17) is 6.42 Å². The highest BCUT2D eigenvalue weighted by molar-refractivity contribution is 5.46. The van der Waals surface area contributed by atoms with Crippen molar-refractivity contribution >= 4 is 5.69 Å². The molecule has 2 nitrogen and oxygen atoms in total. The molecule has 0 aromatic heterocycles. The van der Waals surface area contributed by atoms with Crippen LogP contribution < -0.4 is 10.2 Å². The lowest BCUT2D eigenvalue weighted by Crippen LogP contribution is -2.22. The first-order valence-electron chi connectivity index (χ1n) is 7.13. The van der Waals surface area contributed by atoms with Crippen molar-refractivity contribution in [2.75, 3.05) is 25.5 Å². The summed E-state index contributed by atoms with van der Waals surface area (Å²) in [5.74, 6) is 2.72. The van der Waals surface area contributed by atoms with Crippen LogP contribution in [0.15, 0.2) is 24.3 Å². The molecule has 19 heavy (non-hydrogen) atoms. The van der Waals surface area contributed by atoms with Crippen molar-refractivity contribution in [3.8, 4) is 12.3 Å². The zero-order chi connectivity index (χ0) is 14.1. The van der Waals surface area contributed by atoms with Gasteiger partial charge in [0.25, 0.3) is 0 Å². The van der Waals surface area contributed by atoms with Gasteiger partial charge in [-0.3, -0.25) is 0 Å². The van der Waals surface area contributed by atoms with E-state index in [-0.39, 0.29) is 0 Å². The van der Waals surface area contributed by atoms with Gasteiger partial charge in [-0.1, -0.05) is 19.1 Å². The van der Waals surface area contributed by atoms with Crippen LogP contribution in [0.4, 0.5) is 5.69 Å². The Labute approximate surface area is 118 Å². The van der Waals surface area contributed by atoms with Crippen molar-refractivity contribution in [1.82, 2.24) is 5.32 Å². The maximum Gasteiger partial charge on any atom is 0.0361 e. The fourth-order valence-corrected chi connectivity index (χ4v) is 2.12. The summed E-state index contributed by atoms with van der Waals surface area (Å²) in [6.07, 6.45) is 9.53. The molecule has 1 aromatic rings. The Hall–Kier alpha value is -1.46. The van der Waals surface area contributed by atoms with Crippen molar-refractivity contribution in [3.63, 3.8) is 0 Å². The summed E-state index contributed by atoms with van der Waals surface area (Å²) in [4.78, 5) is 2.12. The number of nitrogens with one attached hydrogen (secondary N) is 1. The summed E-state index contributed by atoms with van der Waals surface area (Å²) in [6.45, 7) is 3.25. The molecule has 0 heterocycles. The van der Waals surface area contributed by atoms with Crippen molar-refractivity contribution in [2.45, 2.75) is 38.6 Å². The normalized spacial score (nSPS) is 11.9. The lowest BCUT2D eigenvalue weighted by Gasteiger charge is -2.20. The van der Waals surface area contributed by atoms with Crippen LogP contribution in [0.1, 0.15) is 44.2 Å². The number of nitrogens with zero attached hydrogens (tertiary/aromatic N) is 1. The average Bonchev–Trinajstić information content (AvgIpc) is 2.43. The van der Waals surface area contributed by atoms with Crippen LogP contribution in [0.25, 0.3) is 0 Å². The third kappa shape index (κ3) is 5.36. The van der Waals surface area contributed by atoms with Crippen LogP contribution in [0.5, 0.6) is 0 Å². The zero-order valence-electron chi connectivity index (χ0n) is 12.4. The van der Waals surface area contributed by atoms with E-state index in [1.54, 1.807) is 0 Å². The molecule has 0 amide bonds. The van der Waals surface area contributed by atoms with Gasteiger partial charge in [-0.15, -0.1) is 12.3 Å². The first-order chi connectivity index (χ1) is 9.19. The summed E-state index contributed by atoms with van der Waals surface area (Å²) >= 11 is 0. The molecule has 104 valence electrons. The number of anilines is 1. The highest BCUT2D eigenvalue weighted by atomic mass is 15.1. The van der Waals surface area contributed by atoms with E-state index in [1.807, 2.05) is 0 Å². The van der Waals surface area contributed by atoms with Crippen LogP contribution in [0.2, 0.25) is 0 Å². The predicted molar refractivity (Wildman–Crippen MR) is 84.5 cm³/mol. The van der Waals surface area contributed by atoms with Gasteiger partial charge in [0.05, 0.1) is 0 Å². The Balaban J connectivity index is 2.69. The second-order valence-corrected chi connectivity index (χ2v) is 5.09. The van der Waals surface area contributed by atoms with Gasteiger partial charge in [-0.05, 0) is 43.5 Å². The smallest absolute Gasteiger partial charge is 0.0361 e. The van der Waals surface area contributed by atoms with Gasteiger partial charge in [0.15, 0.2) is 0 Å². The highest BCUT2D eigenvalue weighted by Crippen LogP contribution is 2.22. The van der Waals surface area contributed by atoms with Crippen molar-refractivity contribution in [1.29, 1.82) is 0 Å². The van der Waals surface area contributed by atoms with Gasteiger partial charge < -0.3 is 10.2 Å². The molecule has 1 aromatic carbocycles. The van der Waals surface area contributed by atoms with E-state index in [9.17, 15) is 0 Å². The minimum absolute atomic E-state index is 0.421.